The molecule has 0 saturated heterocycles. The van der Waals surface area contributed by atoms with E-state index in [0.29, 0.717) is 21.7 Å². The summed E-state index contributed by atoms with van der Waals surface area (Å²) in [7, 11) is 5.79. The van der Waals surface area contributed by atoms with Crippen LogP contribution in [0.15, 0.2) is 24.3 Å². The molecule has 0 radical (unpaired) electrons. The van der Waals surface area contributed by atoms with Crippen LogP contribution in [-0.2, 0) is 0 Å². The highest BCUT2D eigenvalue weighted by atomic mass is 35.5. The lowest BCUT2D eigenvalue weighted by atomic mass is 10.1. The van der Waals surface area contributed by atoms with E-state index >= 15 is 0 Å². The number of aryl methyl sites for hydroxylation is 1. The van der Waals surface area contributed by atoms with Crippen molar-refractivity contribution >= 4 is 46.2 Å². The molecule has 6 heteroatoms. The van der Waals surface area contributed by atoms with Crippen LogP contribution in [-0.4, -0.2) is 26.1 Å². The van der Waals surface area contributed by atoms with Crippen molar-refractivity contribution in [3.63, 3.8) is 0 Å². The Hall–Kier alpha value is -1.65. The number of anilines is 4. The first-order chi connectivity index (χ1) is 9.92. The molecule has 2 aromatic rings. The van der Waals surface area contributed by atoms with E-state index in [0.717, 1.165) is 11.4 Å². The Morgan fingerprint density at radius 1 is 1.05 bits per heavy atom. The fourth-order valence-corrected chi connectivity index (χ4v) is 2.54. The molecule has 2 N–H and O–H groups in total. The molecule has 2 rings (SSSR count). The van der Waals surface area contributed by atoms with Crippen molar-refractivity contribution in [2.24, 2.45) is 0 Å². The quantitative estimate of drug-likeness (QED) is 0.865. The zero-order chi connectivity index (χ0) is 15.6. The van der Waals surface area contributed by atoms with E-state index in [-0.39, 0.29) is 0 Å². The average Bonchev–Trinajstić information content (AvgIpc) is 2.43. The molecule has 0 aliphatic carbocycles. The van der Waals surface area contributed by atoms with Crippen molar-refractivity contribution in [3.05, 3.63) is 39.9 Å². The van der Waals surface area contributed by atoms with Crippen LogP contribution >= 0.6 is 23.2 Å². The second-order valence-corrected chi connectivity index (χ2v) is 5.73. The molecule has 21 heavy (non-hydrogen) atoms. The van der Waals surface area contributed by atoms with E-state index in [1.54, 1.807) is 13.1 Å². The van der Waals surface area contributed by atoms with Crippen molar-refractivity contribution < 1.29 is 0 Å². The highest BCUT2D eigenvalue weighted by Gasteiger charge is 2.10. The van der Waals surface area contributed by atoms with Gasteiger partial charge in [-0.25, -0.2) is 4.98 Å². The van der Waals surface area contributed by atoms with E-state index < -0.39 is 0 Å². The summed E-state index contributed by atoms with van der Waals surface area (Å²) in [5, 5.41) is 7.14. The molecule has 0 fully saturated rings. The summed E-state index contributed by atoms with van der Waals surface area (Å²) in [5.74, 6) is 1.16. The Labute approximate surface area is 135 Å². The highest BCUT2D eigenvalue weighted by Crippen LogP contribution is 2.32. The van der Waals surface area contributed by atoms with Gasteiger partial charge in [-0.1, -0.05) is 29.3 Å². The van der Waals surface area contributed by atoms with Gasteiger partial charge in [-0.2, -0.15) is 0 Å². The smallest absolute Gasteiger partial charge is 0.151 e. The van der Waals surface area contributed by atoms with E-state index in [4.69, 9.17) is 23.2 Å². The number of pyridine rings is 1. The maximum absolute atomic E-state index is 6.19. The van der Waals surface area contributed by atoms with Crippen LogP contribution in [0.1, 0.15) is 5.56 Å². The first-order valence-electron chi connectivity index (χ1n) is 6.51. The maximum atomic E-state index is 6.19. The number of hydrogen-bond acceptors (Lipinski definition) is 4. The van der Waals surface area contributed by atoms with Gasteiger partial charge in [0.25, 0.3) is 0 Å². The largest absolute Gasteiger partial charge is 0.377 e. The molecule has 112 valence electrons. The average molecular weight is 325 g/mol. The highest BCUT2D eigenvalue weighted by molar-refractivity contribution is 6.37. The van der Waals surface area contributed by atoms with Gasteiger partial charge in [0.15, 0.2) is 5.82 Å². The monoisotopic (exact) mass is 324 g/mol. The van der Waals surface area contributed by atoms with E-state index in [2.05, 4.69) is 39.6 Å². The molecule has 1 heterocycles. The van der Waals surface area contributed by atoms with Gasteiger partial charge in [0.2, 0.25) is 0 Å². The number of rotatable bonds is 4. The zero-order valence-corrected chi connectivity index (χ0v) is 14.0. The third kappa shape index (κ3) is 3.52. The minimum atomic E-state index is 0.478. The van der Waals surface area contributed by atoms with E-state index in [1.165, 1.54) is 5.56 Å². The van der Waals surface area contributed by atoms with Crippen LogP contribution in [0, 0.1) is 6.92 Å². The first kappa shape index (κ1) is 15.7. The lowest BCUT2D eigenvalue weighted by Crippen LogP contribution is -2.10. The van der Waals surface area contributed by atoms with Gasteiger partial charge in [0.05, 0.1) is 10.0 Å². The molecular formula is C15H18Cl2N4. The van der Waals surface area contributed by atoms with Crippen molar-refractivity contribution in [1.29, 1.82) is 0 Å². The van der Waals surface area contributed by atoms with Gasteiger partial charge >= 0.3 is 0 Å². The van der Waals surface area contributed by atoms with Gasteiger partial charge in [-0.3, -0.25) is 0 Å². The van der Waals surface area contributed by atoms with Gasteiger partial charge in [0, 0.05) is 32.5 Å². The second kappa shape index (κ2) is 6.41. The molecular weight excluding hydrogens is 307 g/mol. The summed E-state index contributed by atoms with van der Waals surface area (Å²) in [6.07, 6.45) is 0. The van der Waals surface area contributed by atoms with Gasteiger partial charge in [-0.15, -0.1) is 0 Å². The lowest BCUT2D eigenvalue weighted by molar-refractivity contribution is 1.11. The number of halogens is 2. The molecule has 0 bridgehead atoms. The molecule has 0 aliphatic rings. The number of hydrogen-bond donors (Lipinski definition) is 2. The Bertz CT molecular complexity index is 656. The third-order valence-electron chi connectivity index (χ3n) is 3.12. The van der Waals surface area contributed by atoms with Gasteiger partial charge in [0.1, 0.15) is 5.82 Å². The van der Waals surface area contributed by atoms with Crippen molar-refractivity contribution in [1.82, 2.24) is 4.98 Å². The minimum Gasteiger partial charge on any atom is -0.377 e. The van der Waals surface area contributed by atoms with Crippen LogP contribution in [0.4, 0.5) is 23.0 Å². The molecule has 0 unspecified atom stereocenters. The third-order valence-corrected chi connectivity index (χ3v) is 3.70. The summed E-state index contributed by atoms with van der Waals surface area (Å²) in [6.45, 7) is 2.08. The molecule has 0 saturated carbocycles. The van der Waals surface area contributed by atoms with Crippen molar-refractivity contribution in [3.8, 4) is 0 Å². The molecule has 1 aromatic heterocycles. The Kier molecular flexibility index (Phi) is 4.80. The first-order valence-corrected chi connectivity index (χ1v) is 7.26. The second-order valence-electron chi connectivity index (χ2n) is 4.92. The number of aromatic nitrogens is 1. The summed E-state index contributed by atoms with van der Waals surface area (Å²) in [5.41, 5.74) is 3.26. The Morgan fingerprint density at radius 2 is 1.71 bits per heavy atom. The summed E-state index contributed by atoms with van der Waals surface area (Å²) < 4.78 is 0. The van der Waals surface area contributed by atoms with Crippen LogP contribution < -0.4 is 15.5 Å². The lowest BCUT2D eigenvalue weighted by Gasteiger charge is -2.18. The van der Waals surface area contributed by atoms with Crippen LogP contribution in [0.5, 0.6) is 0 Å². The fourth-order valence-electron chi connectivity index (χ4n) is 2.04. The summed E-state index contributed by atoms with van der Waals surface area (Å²) in [4.78, 5) is 6.45. The topological polar surface area (TPSA) is 40.2 Å². The molecule has 1 aromatic carbocycles. The van der Waals surface area contributed by atoms with Crippen LogP contribution in [0.25, 0.3) is 0 Å². The Morgan fingerprint density at radius 3 is 2.33 bits per heavy atom. The zero-order valence-electron chi connectivity index (χ0n) is 12.5. The standard InChI is InChI=1S/C15H18Cl2N4/c1-9-5-6-10(7-13(9)21(3)4)19-15-12(17)8-11(16)14(18-2)20-15/h5-8H,1-4H3,(H2,18,19,20). The SMILES string of the molecule is CNc1nc(Nc2ccc(C)c(N(C)C)c2)c(Cl)cc1Cl. The summed E-state index contributed by atoms with van der Waals surface area (Å²) >= 11 is 12.2. The number of nitrogens with one attached hydrogen (secondary N) is 2. The Balaban J connectivity index is 2.36. The van der Waals surface area contributed by atoms with Gasteiger partial charge in [-0.05, 0) is 30.7 Å². The molecule has 0 aliphatic heterocycles. The van der Waals surface area contributed by atoms with Crippen LogP contribution in [0.2, 0.25) is 10.0 Å². The van der Waals surface area contributed by atoms with Crippen LogP contribution in [0.3, 0.4) is 0 Å². The van der Waals surface area contributed by atoms with Crippen molar-refractivity contribution in [2.45, 2.75) is 6.92 Å². The normalized spacial score (nSPS) is 10.4. The number of benzene rings is 1. The fraction of sp³-hybridized carbons (Fsp3) is 0.267. The maximum Gasteiger partial charge on any atom is 0.151 e. The molecule has 0 spiro atoms. The van der Waals surface area contributed by atoms with E-state index in [1.807, 2.05) is 20.2 Å². The van der Waals surface area contributed by atoms with Gasteiger partial charge < -0.3 is 15.5 Å². The molecule has 0 amide bonds. The predicted molar refractivity (Wildman–Crippen MR) is 92.6 cm³/mol. The van der Waals surface area contributed by atoms with Crippen molar-refractivity contribution in [2.75, 3.05) is 36.7 Å². The molecule has 0 atom stereocenters. The predicted octanol–water partition coefficient (Wildman–Crippen LogP) is 4.55. The number of nitrogens with zero attached hydrogens (tertiary/aromatic N) is 2. The minimum absolute atomic E-state index is 0.478. The molecule has 4 nitrogen and oxygen atoms in total. The van der Waals surface area contributed by atoms with E-state index in [9.17, 15) is 0 Å². The summed E-state index contributed by atoms with van der Waals surface area (Å²) in [6, 6.07) is 7.78.